The van der Waals surface area contributed by atoms with E-state index >= 15 is 0 Å². The molecule has 29 heavy (non-hydrogen) atoms. The highest BCUT2D eigenvalue weighted by atomic mass is 35.5. The van der Waals surface area contributed by atoms with Crippen molar-refractivity contribution in [2.24, 2.45) is 0 Å². The van der Waals surface area contributed by atoms with Crippen LogP contribution in [0.25, 0.3) is 23.0 Å². The maximum atomic E-state index is 12.5. The van der Waals surface area contributed by atoms with Crippen LogP contribution in [-0.2, 0) is 11.3 Å². The third kappa shape index (κ3) is 4.38. The first kappa shape index (κ1) is 19.0. The van der Waals surface area contributed by atoms with Crippen LogP contribution in [0, 0.1) is 0 Å². The molecule has 7 heteroatoms. The van der Waals surface area contributed by atoms with Gasteiger partial charge in [0.2, 0.25) is 11.7 Å². The molecule has 146 valence electrons. The number of benzene rings is 2. The van der Waals surface area contributed by atoms with Crippen molar-refractivity contribution in [3.05, 3.63) is 83.5 Å². The summed E-state index contributed by atoms with van der Waals surface area (Å²) < 4.78 is 7.20. The Kier molecular flexibility index (Phi) is 5.44. The van der Waals surface area contributed by atoms with Gasteiger partial charge in [-0.3, -0.25) is 4.79 Å². The molecule has 2 heterocycles. The van der Waals surface area contributed by atoms with E-state index in [1.807, 2.05) is 67.7 Å². The van der Waals surface area contributed by atoms with Crippen LogP contribution in [0.5, 0.6) is 0 Å². The number of rotatable bonds is 6. The largest absolute Gasteiger partial charge is 0.348 e. The van der Waals surface area contributed by atoms with Gasteiger partial charge in [-0.1, -0.05) is 47.1 Å². The summed E-state index contributed by atoms with van der Waals surface area (Å²) in [5.41, 5.74) is 2.54. The van der Waals surface area contributed by atoms with Gasteiger partial charge in [-0.25, -0.2) is 0 Å². The van der Waals surface area contributed by atoms with Gasteiger partial charge in [0.15, 0.2) is 0 Å². The van der Waals surface area contributed by atoms with Gasteiger partial charge in [-0.2, -0.15) is 4.98 Å². The zero-order valence-corrected chi connectivity index (χ0v) is 16.5. The second-order valence-electron chi connectivity index (χ2n) is 6.65. The average molecular weight is 407 g/mol. The van der Waals surface area contributed by atoms with Crippen LogP contribution in [0.2, 0.25) is 5.02 Å². The van der Waals surface area contributed by atoms with E-state index in [1.165, 1.54) is 0 Å². The normalized spacial score (nSPS) is 11.9. The molecule has 1 atom stereocenters. The van der Waals surface area contributed by atoms with Gasteiger partial charge >= 0.3 is 0 Å². The minimum atomic E-state index is -0.101. The summed E-state index contributed by atoms with van der Waals surface area (Å²) in [5.74, 6) is 0.715. The van der Waals surface area contributed by atoms with E-state index in [1.54, 1.807) is 16.7 Å². The van der Waals surface area contributed by atoms with Gasteiger partial charge in [-0.15, -0.1) is 0 Å². The standard InChI is InChI=1S/C22H19ClN4O2/c1-15(16-6-3-2-4-7-16)24-20(28)14-27-13-5-8-19(27)22-25-21(26-29-22)17-9-11-18(23)12-10-17/h2-13,15H,14H2,1H3,(H,24,28). The Morgan fingerprint density at radius 3 is 2.62 bits per heavy atom. The van der Waals surface area contributed by atoms with Crippen LogP contribution in [0.1, 0.15) is 18.5 Å². The summed E-state index contributed by atoms with van der Waals surface area (Å²) in [6.07, 6.45) is 1.81. The molecule has 0 saturated carbocycles. The Labute approximate surface area is 173 Å². The molecule has 4 aromatic rings. The summed E-state index contributed by atoms with van der Waals surface area (Å²) in [6, 6.07) is 20.6. The molecule has 0 spiro atoms. The van der Waals surface area contributed by atoms with Crippen LogP contribution < -0.4 is 5.32 Å². The number of carbonyl (C=O) groups excluding carboxylic acids is 1. The molecule has 1 unspecified atom stereocenters. The van der Waals surface area contributed by atoms with E-state index in [9.17, 15) is 4.79 Å². The number of hydrogen-bond acceptors (Lipinski definition) is 4. The maximum Gasteiger partial charge on any atom is 0.274 e. The van der Waals surface area contributed by atoms with Crippen LogP contribution in [0.15, 0.2) is 77.4 Å². The summed E-state index contributed by atoms with van der Waals surface area (Å²) in [6.45, 7) is 2.11. The molecule has 0 aliphatic rings. The summed E-state index contributed by atoms with van der Waals surface area (Å²) in [7, 11) is 0. The van der Waals surface area contributed by atoms with Crippen molar-refractivity contribution in [1.82, 2.24) is 20.0 Å². The lowest BCUT2D eigenvalue weighted by molar-refractivity contribution is -0.122. The highest BCUT2D eigenvalue weighted by Gasteiger charge is 2.16. The van der Waals surface area contributed by atoms with Crippen molar-refractivity contribution in [2.45, 2.75) is 19.5 Å². The van der Waals surface area contributed by atoms with Crippen LogP contribution in [0.3, 0.4) is 0 Å². The van der Waals surface area contributed by atoms with Crippen molar-refractivity contribution in [3.63, 3.8) is 0 Å². The molecule has 0 saturated heterocycles. The van der Waals surface area contributed by atoms with Gasteiger partial charge in [0, 0.05) is 16.8 Å². The van der Waals surface area contributed by atoms with Crippen molar-refractivity contribution >= 4 is 17.5 Å². The molecule has 2 aromatic carbocycles. The third-order valence-electron chi connectivity index (χ3n) is 4.57. The smallest absolute Gasteiger partial charge is 0.274 e. The van der Waals surface area contributed by atoms with Gasteiger partial charge in [-0.05, 0) is 48.9 Å². The van der Waals surface area contributed by atoms with Crippen molar-refractivity contribution in [3.8, 4) is 23.0 Å². The fraction of sp³-hybridized carbons (Fsp3) is 0.136. The third-order valence-corrected chi connectivity index (χ3v) is 4.82. The minimum absolute atomic E-state index is 0.0809. The summed E-state index contributed by atoms with van der Waals surface area (Å²) in [5, 5.41) is 7.69. The average Bonchev–Trinajstić information content (AvgIpc) is 3.38. The molecular weight excluding hydrogens is 388 g/mol. The lowest BCUT2D eigenvalue weighted by atomic mass is 10.1. The first-order chi connectivity index (χ1) is 14.1. The topological polar surface area (TPSA) is 73.0 Å². The van der Waals surface area contributed by atoms with E-state index in [0.29, 0.717) is 22.4 Å². The van der Waals surface area contributed by atoms with Gasteiger partial charge in [0.25, 0.3) is 5.89 Å². The molecular formula is C22H19ClN4O2. The molecule has 0 fully saturated rings. The molecule has 2 aromatic heterocycles. The quantitative estimate of drug-likeness (QED) is 0.502. The Balaban J connectivity index is 1.47. The highest BCUT2D eigenvalue weighted by Crippen LogP contribution is 2.24. The van der Waals surface area contributed by atoms with Crippen molar-refractivity contribution < 1.29 is 9.32 Å². The van der Waals surface area contributed by atoms with Gasteiger partial charge in [0.05, 0.1) is 6.04 Å². The van der Waals surface area contributed by atoms with Crippen LogP contribution in [-0.4, -0.2) is 20.6 Å². The van der Waals surface area contributed by atoms with Crippen molar-refractivity contribution in [1.29, 1.82) is 0 Å². The summed E-state index contributed by atoms with van der Waals surface area (Å²) in [4.78, 5) is 17.0. The fourth-order valence-corrected chi connectivity index (χ4v) is 3.18. The zero-order chi connectivity index (χ0) is 20.2. The first-order valence-electron chi connectivity index (χ1n) is 9.19. The fourth-order valence-electron chi connectivity index (χ4n) is 3.06. The number of nitrogens with zero attached hydrogens (tertiary/aromatic N) is 3. The van der Waals surface area contributed by atoms with Gasteiger partial charge < -0.3 is 14.4 Å². The second-order valence-corrected chi connectivity index (χ2v) is 7.09. The van der Waals surface area contributed by atoms with E-state index in [0.717, 1.165) is 11.1 Å². The minimum Gasteiger partial charge on any atom is -0.348 e. The number of halogens is 1. The second kappa shape index (κ2) is 8.32. The molecule has 0 aliphatic carbocycles. The molecule has 0 radical (unpaired) electrons. The van der Waals surface area contributed by atoms with Gasteiger partial charge in [0.1, 0.15) is 12.2 Å². The number of nitrogens with one attached hydrogen (secondary N) is 1. The number of hydrogen-bond donors (Lipinski definition) is 1. The SMILES string of the molecule is CC(NC(=O)Cn1cccc1-c1nc(-c2ccc(Cl)cc2)no1)c1ccccc1. The first-order valence-corrected chi connectivity index (χ1v) is 9.57. The van der Waals surface area contributed by atoms with E-state index in [-0.39, 0.29) is 18.5 Å². The maximum absolute atomic E-state index is 12.5. The predicted octanol–water partition coefficient (Wildman–Crippen LogP) is 4.74. The summed E-state index contributed by atoms with van der Waals surface area (Å²) >= 11 is 5.92. The number of amides is 1. The Morgan fingerprint density at radius 2 is 1.86 bits per heavy atom. The van der Waals surface area contributed by atoms with E-state index < -0.39 is 0 Å². The lowest BCUT2D eigenvalue weighted by Crippen LogP contribution is -2.30. The highest BCUT2D eigenvalue weighted by molar-refractivity contribution is 6.30. The Morgan fingerprint density at radius 1 is 1.10 bits per heavy atom. The Bertz CT molecular complexity index is 1100. The molecule has 1 N–H and O–H groups in total. The predicted molar refractivity (Wildman–Crippen MR) is 111 cm³/mol. The monoisotopic (exact) mass is 406 g/mol. The molecule has 1 amide bonds. The van der Waals surface area contributed by atoms with Crippen LogP contribution in [0.4, 0.5) is 0 Å². The van der Waals surface area contributed by atoms with Crippen LogP contribution >= 0.6 is 11.6 Å². The molecule has 0 aliphatic heterocycles. The van der Waals surface area contributed by atoms with E-state index in [2.05, 4.69) is 15.5 Å². The lowest BCUT2D eigenvalue weighted by Gasteiger charge is -2.15. The molecule has 6 nitrogen and oxygen atoms in total. The Hall–Kier alpha value is -3.38. The zero-order valence-electron chi connectivity index (χ0n) is 15.7. The van der Waals surface area contributed by atoms with E-state index in [4.69, 9.17) is 16.1 Å². The molecule has 4 rings (SSSR count). The number of aromatic nitrogens is 3. The van der Waals surface area contributed by atoms with Crippen molar-refractivity contribution in [2.75, 3.05) is 0 Å². The number of carbonyl (C=O) groups is 1. The molecule has 0 bridgehead atoms.